The van der Waals surface area contributed by atoms with Gasteiger partial charge >= 0.3 is 0 Å². The van der Waals surface area contributed by atoms with Crippen molar-refractivity contribution in [3.8, 4) is 16.9 Å². The molecule has 3 aromatic rings. The van der Waals surface area contributed by atoms with E-state index in [0.717, 1.165) is 72.9 Å². The number of piperazine rings is 1. The van der Waals surface area contributed by atoms with Crippen molar-refractivity contribution in [2.45, 2.75) is 13.5 Å². The molecular formula is C22H26N2O2. The van der Waals surface area contributed by atoms with E-state index in [4.69, 9.17) is 9.15 Å². The molecule has 4 heteroatoms. The molecule has 0 bridgehead atoms. The van der Waals surface area contributed by atoms with Gasteiger partial charge in [-0.1, -0.05) is 31.2 Å². The molecule has 2 aromatic carbocycles. The van der Waals surface area contributed by atoms with Crippen molar-refractivity contribution in [3.05, 3.63) is 54.3 Å². The van der Waals surface area contributed by atoms with Gasteiger partial charge in [0.2, 0.25) is 0 Å². The molecule has 1 aromatic heterocycles. The van der Waals surface area contributed by atoms with Crippen LogP contribution < -0.4 is 4.74 Å². The molecule has 4 nitrogen and oxygen atoms in total. The highest BCUT2D eigenvalue weighted by molar-refractivity contribution is 5.85. The summed E-state index contributed by atoms with van der Waals surface area (Å²) in [6.07, 6.45) is 0. The molecule has 0 saturated carbocycles. The molecule has 0 atom stereocenters. The molecule has 0 radical (unpaired) electrons. The van der Waals surface area contributed by atoms with Gasteiger partial charge in [0, 0.05) is 37.1 Å². The lowest BCUT2D eigenvalue weighted by molar-refractivity contribution is 0.126. The molecule has 2 heterocycles. The number of para-hydroxylation sites is 1. The van der Waals surface area contributed by atoms with Crippen LogP contribution in [0, 0.1) is 0 Å². The van der Waals surface area contributed by atoms with E-state index < -0.39 is 0 Å². The minimum absolute atomic E-state index is 0.885. The van der Waals surface area contributed by atoms with E-state index in [1.54, 1.807) is 7.11 Å². The van der Waals surface area contributed by atoms with Crippen LogP contribution in [0.5, 0.6) is 5.75 Å². The third-order valence-electron chi connectivity index (χ3n) is 5.28. The van der Waals surface area contributed by atoms with Gasteiger partial charge in [0.05, 0.1) is 13.7 Å². The van der Waals surface area contributed by atoms with E-state index in [0.29, 0.717) is 0 Å². The van der Waals surface area contributed by atoms with Crippen LogP contribution in [-0.2, 0) is 6.54 Å². The summed E-state index contributed by atoms with van der Waals surface area (Å²) in [6, 6.07) is 16.7. The molecule has 4 rings (SSSR count). The number of hydrogen-bond acceptors (Lipinski definition) is 4. The van der Waals surface area contributed by atoms with Crippen molar-refractivity contribution in [2.24, 2.45) is 0 Å². The summed E-state index contributed by atoms with van der Waals surface area (Å²) < 4.78 is 11.6. The van der Waals surface area contributed by atoms with Gasteiger partial charge in [-0.3, -0.25) is 4.90 Å². The van der Waals surface area contributed by atoms with Crippen LogP contribution in [0.4, 0.5) is 0 Å². The van der Waals surface area contributed by atoms with Crippen LogP contribution in [0.1, 0.15) is 12.7 Å². The molecule has 1 aliphatic rings. The molecule has 1 fully saturated rings. The highest BCUT2D eigenvalue weighted by Crippen LogP contribution is 2.32. The lowest BCUT2D eigenvalue weighted by atomic mass is 10.0. The Morgan fingerprint density at radius 1 is 0.962 bits per heavy atom. The van der Waals surface area contributed by atoms with Gasteiger partial charge in [-0.15, -0.1) is 0 Å². The number of hydrogen-bond donors (Lipinski definition) is 0. The SMILES string of the molecule is CCN1CCN(Cc2cc3cc(-c4ccccc4OC)ccc3o2)CC1. The van der Waals surface area contributed by atoms with E-state index in [-0.39, 0.29) is 0 Å². The third-order valence-corrected chi connectivity index (χ3v) is 5.28. The summed E-state index contributed by atoms with van der Waals surface area (Å²) in [5.74, 6) is 1.94. The first kappa shape index (κ1) is 17.1. The zero-order valence-electron chi connectivity index (χ0n) is 15.6. The standard InChI is InChI=1S/C22H26N2O2/c1-3-23-10-12-24(13-11-23)16-19-15-18-14-17(8-9-21(18)26-19)20-6-4-5-7-22(20)25-2/h4-9,14-15H,3,10-13,16H2,1-2H3. The summed E-state index contributed by atoms with van der Waals surface area (Å²) in [7, 11) is 1.71. The van der Waals surface area contributed by atoms with E-state index in [2.05, 4.69) is 47.1 Å². The zero-order chi connectivity index (χ0) is 17.9. The van der Waals surface area contributed by atoms with Gasteiger partial charge in [0.25, 0.3) is 0 Å². The topological polar surface area (TPSA) is 28.9 Å². The fraction of sp³-hybridized carbons (Fsp3) is 0.364. The first-order valence-electron chi connectivity index (χ1n) is 9.37. The van der Waals surface area contributed by atoms with Gasteiger partial charge < -0.3 is 14.1 Å². The maximum absolute atomic E-state index is 6.08. The summed E-state index contributed by atoms with van der Waals surface area (Å²) in [5.41, 5.74) is 3.21. The zero-order valence-corrected chi connectivity index (χ0v) is 15.6. The van der Waals surface area contributed by atoms with Gasteiger partial charge in [-0.2, -0.15) is 0 Å². The van der Waals surface area contributed by atoms with E-state index in [1.165, 1.54) is 0 Å². The first-order valence-corrected chi connectivity index (χ1v) is 9.37. The second kappa shape index (κ2) is 7.52. The fourth-order valence-electron chi connectivity index (χ4n) is 3.71. The Hall–Kier alpha value is -2.30. The monoisotopic (exact) mass is 350 g/mol. The van der Waals surface area contributed by atoms with Crippen LogP contribution in [0.15, 0.2) is 52.9 Å². The Morgan fingerprint density at radius 3 is 2.50 bits per heavy atom. The Kier molecular flexibility index (Phi) is 4.96. The number of fused-ring (bicyclic) bond motifs is 1. The van der Waals surface area contributed by atoms with E-state index in [9.17, 15) is 0 Å². The van der Waals surface area contributed by atoms with Crippen molar-refractivity contribution in [1.29, 1.82) is 0 Å². The number of nitrogens with zero attached hydrogens (tertiary/aromatic N) is 2. The number of furan rings is 1. The van der Waals surface area contributed by atoms with Crippen LogP contribution in [0.25, 0.3) is 22.1 Å². The molecule has 0 N–H and O–H groups in total. The molecule has 0 unspecified atom stereocenters. The van der Waals surface area contributed by atoms with Crippen molar-refractivity contribution in [2.75, 3.05) is 39.8 Å². The van der Waals surface area contributed by atoms with Gasteiger partial charge in [-0.25, -0.2) is 0 Å². The summed E-state index contributed by atoms with van der Waals surface area (Å²) >= 11 is 0. The second-order valence-corrected chi connectivity index (χ2v) is 6.88. The highest BCUT2D eigenvalue weighted by Gasteiger charge is 2.17. The first-order chi connectivity index (χ1) is 12.8. The van der Waals surface area contributed by atoms with Crippen molar-refractivity contribution < 1.29 is 9.15 Å². The van der Waals surface area contributed by atoms with E-state index >= 15 is 0 Å². The molecule has 1 saturated heterocycles. The lowest BCUT2D eigenvalue weighted by Crippen LogP contribution is -2.45. The maximum Gasteiger partial charge on any atom is 0.134 e. The molecule has 26 heavy (non-hydrogen) atoms. The van der Waals surface area contributed by atoms with Gasteiger partial charge in [0.1, 0.15) is 17.1 Å². The Bertz CT molecular complexity index is 879. The van der Waals surface area contributed by atoms with Crippen LogP contribution in [0.2, 0.25) is 0 Å². The Labute approximate surface area is 155 Å². The third kappa shape index (κ3) is 3.48. The number of methoxy groups -OCH3 is 1. The van der Waals surface area contributed by atoms with E-state index in [1.807, 2.05) is 18.2 Å². The minimum Gasteiger partial charge on any atom is -0.496 e. The molecular weight excluding hydrogens is 324 g/mol. The van der Waals surface area contributed by atoms with Crippen molar-refractivity contribution in [1.82, 2.24) is 9.80 Å². The second-order valence-electron chi connectivity index (χ2n) is 6.88. The summed E-state index contributed by atoms with van der Waals surface area (Å²) in [5, 5.41) is 1.15. The lowest BCUT2D eigenvalue weighted by Gasteiger charge is -2.33. The molecule has 136 valence electrons. The van der Waals surface area contributed by atoms with Gasteiger partial charge in [0.15, 0.2) is 0 Å². The molecule has 0 spiro atoms. The Balaban J connectivity index is 1.55. The van der Waals surface area contributed by atoms with Gasteiger partial charge in [-0.05, 0) is 36.4 Å². The maximum atomic E-state index is 6.08. The predicted octanol–water partition coefficient (Wildman–Crippen LogP) is 4.25. The number of ether oxygens (including phenoxy) is 1. The van der Waals surface area contributed by atoms with Crippen LogP contribution >= 0.6 is 0 Å². The largest absolute Gasteiger partial charge is 0.496 e. The average molecular weight is 350 g/mol. The van der Waals surface area contributed by atoms with Crippen molar-refractivity contribution in [3.63, 3.8) is 0 Å². The smallest absolute Gasteiger partial charge is 0.134 e. The molecule has 0 aliphatic carbocycles. The summed E-state index contributed by atoms with van der Waals surface area (Å²) in [4.78, 5) is 4.97. The quantitative estimate of drug-likeness (QED) is 0.688. The minimum atomic E-state index is 0.885. The Morgan fingerprint density at radius 2 is 1.73 bits per heavy atom. The summed E-state index contributed by atoms with van der Waals surface area (Å²) in [6.45, 7) is 8.77. The number of benzene rings is 2. The number of likely N-dealkylation sites (N-methyl/N-ethyl adjacent to an activating group) is 1. The normalized spacial score (nSPS) is 16.2. The van der Waals surface area contributed by atoms with Crippen molar-refractivity contribution >= 4 is 11.0 Å². The predicted molar refractivity (Wildman–Crippen MR) is 106 cm³/mol. The average Bonchev–Trinajstić information content (AvgIpc) is 3.10. The van der Waals surface area contributed by atoms with Crippen LogP contribution in [-0.4, -0.2) is 49.6 Å². The fourth-order valence-corrected chi connectivity index (χ4v) is 3.71. The molecule has 1 aliphatic heterocycles. The van der Waals surface area contributed by atoms with Crippen LogP contribution in [0.3, 0.4) is 0 Å². The molecule has 0 amide bonds. The highest BCUT2D eigenvalue weighted by atomic mass is 16.5. The number of rotatable bonds is 5.